The molecule has 0 saturated heterocycles. The second-order valence-corrected chi connectivity index (χ2v) is 7.25. The second-order valence-electron chi connectivity index (χ2n) is 7.25. The Morgan fingerprint density at radius 2 is 2.03 bits per heavy atom. The highest BCUT2D eigenvalue weighted by Crippen LogP contribution is 2.34. The Labute approximate surface area is 163 Å². The monoisotopic (exact) mass is 391 g/mol. The van der Waals surface area contributed by atoms with Crippen LogP contribution in [0.25, 0.3) is 11.0 Å². The lowest BCUT2D eigenvalue weighted by atomic mass is 9.98. The summed E-state index contributed by atoms with van der Waals surface area (Å²) in [7, 11) is 0. The molecule has 0 unspecified atom stereocenters. The first-order chi connectivity index (χ1) is 14.0. The lowest BCUT2D eigenvalue weighted by molar-refractivity contribution is 0.0944. The van der Waals surface area contributed by atoms with Gasteiger partial charge in [-0.15, -0.1) is 0 Å². The van der Waals surface area contributed by atoms with Gasteiger partial charge >= 0.3 is 5.69 Å². The Hall–Kier alpha value is -3.75. The molecule has 3 N–H and O–H groups in total. The van der Waals surface area contributed by atoms with Crippen LogP contribution in [0.5, 0.6) is 0 Å². The van der Waals surface area contributed by atoms with Gasteiger partial charge in [0.25, 0.3) is 17.4 Å². The summed E-state index contributed by atoms with van der Waals surface area (Å²) >= 11 is 0. The number of amides is 2. The first kappa shape index (κ1) is 17.4. The van der Waals surface area contributed by atoms with Crippen molar-refractivity contribution < 1.29 is 9.59 Å². The molecule has 3 heterocycles. The highest BCUT2D eigenvalue weighted by molar-refractivity contribution is 6.07. The molecule has 1 fully saturated rings. The predicted octanol–water partition coefficient (Wildman–Crippen LogP) is 0.958. The van der Waals surface area contributed by atoms with Crippen LogP contribution in [0.4, 0.5) is 5.69 Å². The fourth-order valence-electron chi connectivity index (χ4n) is 3.71. The van der Waals surface area contributed by atoms with Gasteiger partial charge in [-0.2, -0.15) is 0 Å². The van der Waals surface area contributed by atoms with E-state index < -0.39 is 17.2 Å². The molecule has 2 aliphatic rings. The van der Waals surface area contributed by atoms with Crippen LogP contribution in [-0.4, -0.2) is 32.9 Å². The van der Waals surface area contributed by atoms with E-state index in [0.717, 1.165) is 18.4 Å². The Morgan fingerprint density at radius 3 is 2.83 bits per heavy atom. The molecule has 5 rings (SSSR count). The summed E-state index contributed by atoms with van der Waals surface area (Å²) in [6.07, 6.45) is 3.69. The first-order valence-electron chi connectivity index (χ1n) is 9.39. The zero-order chi connectivity index (χ0) is 20.1. The number of pyridine rings is 1. The molecule has 1 aliphatic heterocycles. The average Bonchev–Trinajstić information content (AvgIpc) is 3.53. The molecule has 1 aliphatic carbocycles. The summed E-state index contributed by atoms with van der Waals surface area (Å²) in [6, 6.07) is 6.64. The maximum atomic E-state index is 12.8. The number of hydrogen-bond acceptors (Lipinski definition) is 5. The van der Waals surface area contributed by atoms with Crippen LogP contribution in [0, 0.1) is 0 Å². The van der Waals surface area contributed by atoms with E-state index in [2.05, 4.69) is 20.6 Å². The van der Waals surface area contributed by atoms with Crippen molar-refractivity contribution in [3.8, 4) is 0 Å². The van der Waals surface area contributed by atoms with E-state index in [1.165, 1.54) is 16.8 Å². The number of H-pyrrole nitrogens is 1. The number of aromatic amines is 1. The summed E-state index contributed by atoms with van der Waals surface area (Å²) in [5.74, 6) is -0.610. The number of nitrogens with one attached hydrogen (secondary N) is 3. The number of carbonyl (C=O) groups is 2. The second kappa shape index (κ2) is 6.40. The maximum absolute atomic E-state index is 12.8. The minimum atomic E-state index is -0.571. The van der Waals surface area contributed by atoms with Crippen molar-refractivity contribution in [2.75, 3.05) is 11.9 Å². The molecule has 2 amide bonds. The number of anilines is 1. The van der Waals surface area contributed by atoms with Crippen LogP contribution in [0.3, 0.4) is 0 Å². The zero-order valence-electron chi connectivity index (χ0n) is 15.3. The number of rotatable bonds is 3. The van der Waals surface area contributed by atoms with Gasteiger partial charge in [-0.3, -0.25) is 23.9 Å². The molecular formula is C20H17N5O4. The number of fused-ring (bicyclic) bond motifs is 2. The normalized spacial score (nSPS) is 15.7. The standard InChI is InChI=1S/C20H17N5O4/c26-17(23-15-3-1-2-13-12(15)6-7-21-18(13)27)10-8-14-16(22-9-10)25(11-4-5-11)20(29)24-19(14)28/h1-3,8-9,11H,4-7H2,(H,21,27)(H,23,26)(H,24,28,29). The molecule has 0 radical (unpaired) electrons. The molecule has 1 aromatic carbocycles. The highest BCUT2D eigenvalue weighted by Gasteiger charge is 2.28. The number of carbonyl (C=O) groups excluding carboxylic acids is 2. The van der Waals surface area contributed by atoms with Crippen molar-refractivity contribution in [2.24, 2.45) is 0 Å². The van der Waals surface area contributed by atoms with E-state index in [-0.39, 0.29) is 28.5 Å². The first-order valence-corrected chi connectivity index (χ1v) is 9.39. The quantitative estimate of drug-likeness (QED) is 0.613. The van der Waals surface area contributed by atoms with Gasteiger partial charge in [-0.05, 0) is 43.0 Å². The molecule has 0 bridgehead atoms. The Morgan fingerprint density at radius 1 is 1.21 bits per heavy atom. The largest absolute Gasteiger partial charge is 0.352 e. The molecular weight excluding hydrogens is 374 g/mol. The number of benzene rings is 1. The van der Waals surface area contributed by atoms with Gasteiger partial charge in [0.05, 0.1) is 10.9 Å². The molecule has 9 nitrogen and oxygen atoms in total. The summed E-state index contributed by atoms with van der Waals surface area (Å²) in [4.78, 5) is 55.7. The minimum Gasteiger partial charge on any atom is -0.352 e. The third-order valence-electron chi connectivity index (χ3n) is 5.28. The lowest BCUT2D eigenvalue weighted by Gasteiger charge is -2.20. The van der Waals surface area contributed by atoms with Crippen LogP contribution >= 0.6 is 0 Å². The third kappa shape index (κ3) is 2.91. The molecule has 1 saturated carbocycles. The summed E-state index contributed by atoms with van der Waals surface area (Å²) < 4.78 is 1.48. The van der Waals surface area contributed by atoms with Crippen molar-refractivity contribution in [1.82, 2.24) is 19.9 Å². The number of aromatic nitrogens is 3. The van der Waals surface area contributed by atoms with Gasteiger partial charge in [0.1, 0.15) is 5.65 Å². The van der Waals surface area contributed by atoms with Gasteiger partial charge in [0.15, 0.2) is 0 Å². The molecule has 29 heavy (non-hydrogen) atoms. The zero-order valence-corrected chi connectivity index (χ0v) is 15.3. The van der Waals surface area contributed by atoms with Gasteiger partial charge in [0, 0.05) is 30.0 Å². The van der Waals surface area contributed by atoms with Crippen molar-refractivity contribution in [2.45, 2.75) is 25.3 Å². The fourth-order valence-corrected chi connectivity index (χ4v) is 3.71. The van der Waals surface area contributed by atoms with Crippen molar-refractivity contribution in [3.63, 3.8) is 0 Å². The van der Waals surface area contributed by atoms with Crippen LogP contribution in [0.1, 0.15) is 45.2 Å². The van der Waals surface area contributed by atoms with Crippen LogP contribution in [0.15, 0.2) is 40.1 Å². The van der Waals surface area contributed by atoms with Gasteiger partial charge in [0.2, 0.25) is 0 Å². The van der Waals surface area contributed by atoms with Crippen molar-refractivity contribution in [3.05, 3.63) is 68.0 Å². The molecule has 2 aromatic heterocycles. The Bertz CT molecular complexity index is 1300. The van der Waals surface area contributed by atoms with E-state index in [1.807, 2.05) is 0 Å². The van der Waals surface area contributed by atoms with E-state index in [1.54, 1.807) is 18.2 Å². The van der Waals surface area contributed by atoms with E-state index in [0.29, 0.717) is 24.2 Å². The average molecular weight is 391 g/mol. The topological polar surface area (TPSA) is 126 Å². The number of hydrogen-bond donors (Lipinski definition) is 3. The Balaban J connectivity index is 1.53. The molecule has 0 atom stereocenters. The summed E-state index contributed by atoms with van der Waals surface area (Å²) in [5, 5.41) is 5.78. The summed E-state index contributed by atoms with van der Waals surface area (Å²) in [6.45, 7) is 0.504. The van der Waals surface area contributed by atoms with Gasteiger partial charge in [-0.25, -0.2) is 9.78 Å². The smallest absolute Gasteiger partial charge is 0.330 e. The number of nitrogens with zero attached hydrogens (tertiary/aromatic N) is 2. The van der Waals surface area contributed by atoms with Crippen LogP contribution in [-0.2, 0) is 6.42 Å². The van der Waals surface area contributed by atoms with Gasteiger partial charge < -0.3 is 10.6 Å². The fraction of sp³-hybridized carbons (Fsp3) is 0.250. The maximum Gasteiger partial charge on any atom is 0.330 e. The lowest BCUT2D eigenvalue weighted by Crippen LogP contribution is -2.32. The predicted molar refractivity (Wildman–Crippen MR) is 105 cm³/mol. The molecule has 9 heteroatoms. The Kier molecular flexibility index (Phi) is 3.83. The molecule has 146 valence electrons. The van der Waals surface area contributed by atoms with E-state index in [4.69, 9.17) is 0 Å². The van der Waals surface area contributed by atoms with Crippen LogP contribution in [0.2, 0.25) is 0 Å². The summed E-state index contributed by atoms with van der Waals surface area (Å²) in [5.41, 5.74) is 1.30. The van der Waals surface area contributed by atoms with E-state index in [9.17, 15) is 19.2 Å². The highest BCUT2D eigenvalue weighted by atomic mass is 16.2. The van der Waals surface area contributed by atoms with Gasteiger partial charge in [-0.1, -0.05) is 6.07 Å². The third-order valence-corrected chi connectivity index (χ3v) is 5.28. The van der Waals surface area contributed by atoms with E-state index >= 15 is 0 Å². The van der Waals surface area contributed by atoms with Crippen molar-refractivity contribution in [1.29, 1.82) is 0 Å². The van der Waals surface area contributed by atoms with Crippen LogP contribution < -0.4 is 21.9 Å². The SMILES string of the molecule is O=C(Nc1cccc2c1CCNC2=O)c1cnc2c(c1)c(=O)[nH]c(=O)n2C1CC1. The molecule has 3 aromatic rings. The van der Waals surface area contributed by atoms with Crippen molar-refractivity contribution >= 4 is 28.5 Å². The molecule has 0 spiro atoms. The minimum absolute atomic E-state index is 0.0380.